The highest BCUT2D eigenvalue weighted by molar-refractivity contribution is 7.80. The first kappa shape index (κ1) is 9.19. The average molecular weight is 230 g/mol. The summed E-state index contributed by atoms with van der Waals surface area (Å²) in [6.45, 7) is 0. The van der Waals surface area contributed by atoms with Gasteiger partial charge in [0.1, 0.15) is 0 Å². The third kappa shape index (κ3) is 1.41. The Kier molecular flexibility index (Phi) is 2.41. The predicted molar refractivity (Wildman–Crippen MR) is 63.0 cm³/mol. The molecule has 1 aromatic carbocycles. The quantitative estimate of drug-likeness (QED) is 0.568. The molecule has 1 heterocycles. The first-order valence-corrected chi connectivity index (χ1v) is 5.58. The summed E-state index contributed by atoms with van der Waals surface area (Å²) >= 11 is 11.7. The average Bonchev–Trinajstić information content (AvgIpc) is 2.43. The second-order valence-electron chi connectivity index (χ2n) is 2.73. The second-order valence-corrected chi connectivity index (χ2v) is 4.53. The van der Waals surface area contributed by atoms with Crippen molar-refractivity contribution in [1.82, 2.24) is 0 Å². The monoisotopic (exact) mass is 229 g/mol. The summed E-state index contributed by atoms with van der Waals surface area (Å²) < 4.78 is 1.12. The van der Waals surface area contributed by atoms with Crippen LogP contribution in [-0.4, -0.2) is 0 Å². The van der Waals surface area contributed by atoms with Crippen LogP contribution >= 0.6 is 35.6 Å². The number of nitrogens with two attached hydrogens (primary N) is 1. The van der Waals surface area contributed by atoms with Gasteiger partial charge >= 0.3 is 0 Å². The summed E-state index contributed by atoms with van der Waals surface area (Å²) in [4.78, 5) is 0.963. The smallest absolute Gasteiger partial charge is 0.0914 e. The lowest BCUT2D eigenvalue weighted by atomic mass is 10.2. The fraction of sp³-hybridized carbons (Fsp3) is 0.111. The fourth-order valence-electron chi connectivity index (χ4n) is 1.31. The van der Waals surface area contributed by atoms with Gasteiger partial charge in [-0.15, -0.1) is 35.6 Å². The molecule has 68 valence electrons. The third-order valence-electron chi connectivity index (χ3n) is 1.96. The van der Waals surface area contributed by atoms with E-state index in [0.717, 1.165) is 25.5 Å². The minimum absolute atomic E-state index is 0.461. The second kappa shape index (κ2) is 3.40. The van der Waals surface area contributed by atoms with Gasteiger partial charge in [-0.05, 0) is 6.07 Å². The molecule has 1 nitrogen and oxygen atoms in total. The maximum Gasteiger partial charge on any atom is 0.0914 e. The molecule has 0 amide bonds. The molecule has 0 aliphatic carbocycles. The van der Waals surface area contributed by atoms with Crippen LogP contribution in [0.4, 0.5) is 5.00 Å². The van der Waals surface area contributed by atoms with Crippen LogP contribution < -0.4 is 5.73 Å². The lowest BCUT2D eigenvalue weighted by Crippen LogP contribution is -1.84. The molecule has 0 aliphatic heterocycles. The van der Waals surface area contributed by atoms with Gasteiger partial charge in [-0.1, -0.05) is 12.1 Å². The molecule has 0 bridgehead atoms. The van der Waals surface area contributed by atoms with Gasteiger partial charge in [-0.3, -0.25) is 0 Å². The molecule has 1 aromatic heterocycles. The number of benzene rings is 1. The van der Waals surface area contributed by atoms with Crippen molar-refractivity contribution in [2.75, 3.05) is 5.73 Å². The van der Waals surface area contributed by atoms with E-state index in [9.17, 15) is 0 Å². The fourth-order valence-corrected chi connectivity index (χ4v) is 3.02. The molecule has 2 rings (SSSR count). The summed E-state index contributed by atoms with van der Waals surface area (Å²) in [5, 5.41) is 1.93. The topological polar surface area (TPSA) is 26.0 Å². The summed E-state index contributed by atoms with van der Waals surface area (Å²) in [7, 11) is 0. The van der Waals surface area contributed by atoms with Crippen LogP contribution in [0, 0.1) is 0 Å². The largest absolute Gasteiger partial charge is 0.390 e. The maximum absolute atomic E-state index is 5.83. The highest BCUT2D eigenvalue weighted by Crippen LogP contribution is 2.37. The van der Waals surface area contributed by atoms with Crippen LogP contribution in [0.3, 0.4) is 0 Å². The molecule has 0 saturated heterocycles. The molecule has 2 N–H and O–H groups in total. The molecule has 0 spiro atoms. The molecule has 0 atom stereocenters. The number of thiol groups is 1. The van der Waals surface area contributed by atoms with Crippen molar-refractivity contribution in [3.63, 3.8) is 0 Å². The van der Waals surface area contributed by atoms with Gasteiger partial charge < -0.3 is 5.73 Å². The first-order valence-electron chi connectivity index (χ1n) is 3.79. The van der Waals surface area contributed by atoms with Gasteiger partial charge in [-0.25, -0.2) is 0 Å². The molecule has 13 heavy (non-hydrogen) atoms. The van der Waals surface area contributed by atoms with Gasteiger partial charge in [0.05, 0.1) is 15.6 Å². The van der Waals surface area contributed by atoms with E-state index in [1.54, 1.807) is 11.3 Å². The van der Waals surface area contributed by atoms with Crippen LogP contribution in [0.1, 0.15) is 5.56 Å². The molecule has 0 fully saturated rings. The number of nitrogen functional groups attached to an aromatic ring is 1. The van der Waals surface area contributed by atoms with Gasteiger partial charge in [0.2, 0.25) is 0 Å². The summed E-state index contributed by atoms with van der Waals surface area (Å²) in [6, 6.07) is 5.95. The van der Waals surface area contributed by atoms with E-state index in [4.69, 9.17) is 17.3 Å². The molecule has 0 saturated carbocycles. The van der Waals surface area contributed by atoms with Gasteiger partial charge in [-0.2, -0.15) is 0 Å². The van der Waals surface area contributed by atoms with Crippen molar-refractivity contribution >= 4 is 50.7 Å². The Balaban J connectivity index is 2.86. The van der Waals surface area contributed by atoms with E-state index in [1.807, 2.05) is 18.2 Å². The van der Waals surface area contributed by atoms with Gasteiger partial charge in [0.25, 0.3) is 0 Å². The van der Waals surface area contributed by atoms with Crippen LogP contribution in [-0.2, 0) is 5.88 Å². The Hall–Kier alpha value is -0.380. The number of hydrogen-bond acceptors (Lipinski definition) is 3. The minimum atomic E-state index is 0.461. The van der Waals surface area contributed by atoms with Gasteiger partial charge in [0, 0.05) is 15.8 Å². The SMILES string of the molecule is Nc1sc2c(S)cccc2c1CCl. The number of alkyl halides is 1. The zero-order valence-corrected chi connectivity index (χ0v) is 9.22. The van der Waals surface area contributed by atoms with E-state index in [-0.39, 0.29) is 0 Å². The van der Waals surface area contributed by atoms with Crippen molar-refractivity contribution in [1.29, 1.82) is 0 Å². The number of thiophene rings is 1. The maximum atomic E-state index is 5.83. The third-order valence-corrected chi connectivity index (χ3v) is 3.86. The minimum Gasteiger partial charge on any atom is -0.390 e. The molecule has 0 unspecified atom stereocenters. The van der Waals surface area contributed by atoms with E-state index in [2.05, 4.69) is 12.6 Å². The summed E-state index contributed by atoms with van der Waals surface area (Å²) in [5.74, 6) is 0.461. The van der Waals surface area contributed by atoms with Crippen molar-refractivity contribution in [3.8, 4) is 0 Å². The van der Waals surface area contributed by atoms with Crippen molar-refractivity contribution in [2.45, 2.75) is 10.8 Å². The molecule has 4 heteroatoms. The number of hydrogen-bond donors (Lipinski definition) is 2. The number of rotatable bonds is 1. The standard InChI is InChI=1S/C9H8ClNS2/c10-4-6-5-2-1-3-7(12)8(5)13-9(6)11/h1-3,12H,4,11H2. The summed E-state index contributed by atoms with van der Waals surface area (Å²) in [6.07, 6.45) is 0. The van der Waals surface area contributed by atoms with Crippen molar-refractivity contribution in [3.05, 3.63) is 23.8 Å². The molecule has 0 aliphatic rings. The lowest BCUT2D eigenvalue weighted by Gasteiger charge is -1.95. The van der Waals surface area contributed by atoms with E-state index >= 15 is 0 Å². The normalized spacial score (nSPS) is 10.9. The van der Waals surface area contributed by atoms with Crippen molar-refractivity contribution in [2.24, 2.45) is 0 Å². The molecule has 2 aromatic rings. The van der Waals surface area contributed by atoms with E-state index in [0.29, 0.717) is 5.88 Å². The Morgan fingerprint density at radius 3 is 2.92 bits per heavy atom. The van der Waals surface area contributed by atoms with Crippen LogP contribution in [0.2, 0.25) is 0 Å². The predicted octanol–water partition coefficient (Wildman–Crippen LogP) is 3.51. The van der Waals surface area contributed by atoms with Crippen LogP contribution in [0.25, 0.3) is 10.1 Å². The Bertz CT molecular complexity index is 450. The van der Waals surface area contributed by atoms with Crippen molar-refractivity contribution < 1.29 is 0 Å². The number of anilines is 1. The van der Waals surface area contributed by atoms with Crippen LogP contribution in [0.5, 0.6) is 0 Å². The van der Waals surface area contributed by atoms with Gasteiger partial charge in [0.15, 0.2) is 0 Å². The summed E-state index contributed by atoms with van der Waals surface area (Å²) in [5.41, 5.74) is 6.86. The molecular weight excluding hydrogens is 222 g/mol. The van der Waals surface area contributed by atoms with Crippen LogP contribution in [0.15, 0.2) is 23.1 Å². The highest BCUT2D eigenvalue weighted by atomic mass is 35.5. The molecular formula is C9H8ClNS2. The highest BCUT2D eigenvalue weighted by Gasteiger charge is 2.09. The Morgan fingerprint density at radius 2 is 2.23 bits per heavy atom. The van der Waals surface area contributed by atoms with E-state index in [1.165, 1.54) is 0 Å². The lowest BCUT2D eigenvalue weighted by molar-refractivity contribution is 1.48. The zero-order valence-electron chi connectivity index (χ0n) is 6.75. The Morgan fingerprint density at radius 1 is 1.46 bits per heavy atom. The number of halogens is 1. The first-order chi connectivity index (χ1) is 6.24. The molecule has 0 radical (unpaired) electrons. The Labute approximate surface area is 90.9 Å². The van der Waals surface area contributed by atoms with E-state index < -0.39 is 0 Å². The zero-order chi connectivity index (χ0) is 9.42. The number of fused-ring (bicyclic) bond motifs is 1.